The Kier molecular flexibility index (Phi) is 17.2. The Balaban J connectivity index is 1.04. The first-order valence-electron chi connectivity index (χ1n) is 22.5. The molecule has 76 heavy (non-hydrogen) atoms. The molecule has 0 spiro atoms. The van der Waals surface area contributed by atoms with Crippen LogP contribution in [0.5, 0.6) is 11.5 Å². The summed E-state index contributed by atoms with van der Waals surface area (Å²) in [5.74, 6) is -9.97. The maximum atomic E-state index is 14.1. The smallest absolute Gasteiger partial charge is 0.313 e. The van der Waals surface area contributed by atoms with Gasteiger partial charge in [-0.2, -0.15) is 0 Å². The molecule has 2 aliphatic heterocycles. The molecule has 0 radical (unpaired) electrons. The maximum absolute atomic E-state index is 14.1. The Morgan fingerprint density at radius 3 is 1.22 bits per heavy atom. The molecule has 20 nitrogen and oxygen atoms in total. The molecule has 6 N–H and O–H groups in total. The molecule has 6 aromatic rings. The first kappa shape index (κ1) is 55.8. The SMILES string of the molecule is O=C1CC(S(=O)(=O)c2ccc(C(Oc3ccc(Cl)cc3)C(=O)Nc3nc(C(C(=O)O)C(C(=O)O)c4nc(NC(=O)C(Oc5ccc(Cl)cc5)c5ccc(S(=O)(=O)C6CCNC(=O)C6)cc5)sc4Cl)c(Cl)s3)cc2)CCN1. The molecular weight excluding hydrogens is 1150 g/mol. The Hall–Kier alpha value is -6.38. The van der Waals surface area contributed by atoms with Gasteiger partial charge in [0.1, 0.15) is 32.0 Å². The Morgan fingerprint density at radius 1 is 0.566 bits per heavy atom. The molecule has 28 heteroatoms. The number of carbonyl (C=O) groups excluding carboxylic acids is 4. The molecule has 6 unspecified atom stereocenters. The van der Waals surface area contributed by atoms with Crippen LogP contribution in [-0.4, -0.2) is 96.2 Å². The van der Waals surface area contributed by atoms with E-state index in [-0.39, 0.29) is 90.1 Å². The van der Waals surface area contributed by atoms with Crippen molar-refractivity contribution in [1.82, 2.24) is 20.6 Å². The molecule has 2 fully saturated rings. The number of amides is 4. The molecule has 4 heterocycles. The lowest BCUT2D eigenvalue weighted by Gasteiger charge is -2.23. The number of thiazole rings is 2. The van der Waals surface area contributed by atoms with Gasteiger partial charge in [0.25, 0.3) is 11.8 Å². The summed E-state index contributed by atoms with van der Waals surface area (Å²) in [6.07, 6.45) is -3.06. The fourth-order valence-corrected chi connectivity index (χ4v) is 14.1. The molecule has 398 valence electrons. The number of hydrogen-bond donors (Lipinski definition) is 6. The Labute approximate surface area is 460 Å². The Bertz CT molecular complexity index is 3210. The predicted molar refractivity (Wildman–Crippen MR) is 281 cm³/mol. The lowest BCUT2D eigenvalue weighted by atomic mass is 9.87. The molecule has 2 aliphatic rings. The van der Waals surface area contributed by atoms with Crippen LogP contribution in [0, 0.1) is 0 Å². The number of sulfone groups is 2. The van der Waals surface area contributed by atoms with Crippen LogP contribution >= 0.6 is 69.1 Å². The van der Waals surface area contributed by atoms with Crippen LogP contribution in [0.2, 0.25) is 18.7 Å². The van der Waals surface area contributed by atoms with E-state index in [1.165, 1.54) is 97.1 Å². The van der Waals surface area contributed by atoms with Crippen LogP contribution in [0.3, 0.4) is 0 Å². The van der Waals surface area contributed by atoms with E-state index >= 15 is 0 Å². The lowest BCUT2D eigenvalue weighted by molar-refractivity contribution is -0.147. The average molecular weight is 1190 g/mol. The van der Waals surface area contributed by atoms with Crippen molar-refractivity contribution in [3.63, 3.8) is 0 Å². The molecule has 8 rings (SSSR count). The number of piperidine rings is 2. The van der Waals surface area contributed by atoms with Crippen LogP contribution in [0.4, 0.5) is 10.3 Å². The van der Waals surface area contributed by atoms with E-state index in [1.54, 1.807) is 0 Å². The number of carbonyl (C=O) groups is 6. The maximum Gasteiger partial charge on any atom is 0.313 e. The van der Waals surface area contributed by atoms with E-state index in [2.05, 4.69) is 31.2 Å². The van der Waals surface area contributed by atoms with Crippen molar-refractivity contribution in [3.05, 3.63) is 138 Å². The number of carboxylic acids is 2. The van der Waals surface area contributed by atoms with Gasteiger partial charge in [-0.15, -0.1) is 0 Å². The number of nitrogens with one attached hydrogen (secondary N) is 4. The largest absolute Gasteiger partial charge is 0.481 e. The number of anilines is 2. The van der Waals surface area contributed by atoms with Crippen molar-refractivity contribution in [3.8, 4) is 11.5 Å². The van der Waals surface area contributed by atoms with Gasteiger partial charge in [-0.25, -0.2) is 26.8 Å². The predicted octanol–water partition coefficient (Wildman–Crippen LogP) is 7.87. The topological polar surface area (TPSA) is 304 Å². The summed E-state index contributed by atoms with van der Waals surface area (Å²) < 4.78 is 65.2. The fourth-order valence-electron chi connectivity index (χ4n) is 8.22. The summed E-state index contributed by atoms with van der Waals surface area (Å²) in [5.41, 5.74) is -0.701. The lowest BCUT2D eigenvalue weighted by Crippen LogP contribution is -2.39. The molecule has 0 bridgehead atoms. The van der Waals surface area contributed by atoms with E-state index in [9.17, 15) is 55.8 Å². The van der Waals surface area contributed by atoms with Gasteiger partial charge in [-0.05, 0) is 85.6 Å². The molecule has 2 saturated heterocycles. The van der Waals surface area contributed by atoms with Crippen molar-refractivity contribution in [1.29, 1.82) is 0 Å². The van der Waals surface area contributed by atoms with Crippen molar-refractivity contribution in [2.24, 2.45) is 0 Å². The zero-order chi connectivity index (χ0) is 54.6. The number of carboxylic acid groups (broad SMARTS) is 2. The average Bonchev–Trinajstić information content (AvgIpc) is 3.94. The van der Waals surface area contributed by atoms with E-state index < -0.39 is 101 Å². The zero-order valence-electron chi connectivity index (χ0n) is 38.8. The van der Waals surface area contributed by atoms with Crippen LogP contribution < -0.4 is 30.7 Å². The van der Waals surface area contributed by atoms with Crippen molar-refractivity contribution in [2.75, 3.05) is 23.7 Å². The van der Waals surface area contributed by atoms with Gasteiger partial charge in [0.15, 0.2) is 29.9 Å². The van der Waals surface area contributed by atoms with E-state index in [0.717, 1.165) is 0 Å². The summed E-state index contributed by atoms with van der Waals surface area (Å²) in [6, 6.07) is 22.4. The second kappa shape index (κ2) is 23.5. The minimum atomic E-state index is -3.95. The van der Waals surface area contributed by atoms with Gasteiger partial charge in [0.2, 0.25) is 24.0 Å². The number of aliphatic carboxylic acids is 2. The van der Waals surface area contributed by atoms with Crippen LogP contribution in [0.1, 0.15) is 72.2 Å². The summed E-state index contributed by atoms with van der Waals surface area (Å²) >= 11 is 26.5. The molecule has 6 atom stereocenters. The van der Waals surface area contributed by atoms with E-state index in [0.29, 0.717) is 32.7 Å². The van der Waals surface area contributed by atoms with Gasteiger partial charge in [-0.3, -0.25) is 39.4 Å². The van der Waals surface area contributed by atoms with Crippen LogP contribution in [-0.2, 0) is 48.4 Å². The minimum absolute atomic E-state index is 0.0977. The third-order valence-corrected chi connectivity index (χ3v) is 19.4. The standard InChI is InChI=1S/C48H40Cl4N6O14S4/c49-25-5-9-27(10-6-25)71-39(23-1-13-29(14-2-23)75(67,68)31-17-19-53-33(59)21-31)43(61)57-47-55-37(41(51)73-47)35(45(63)64)36(46(65)66)38-42(52)74-48(56-38)58-44(62)40(72-28-11-7-26(50)8-12-28)24-3-15-30(16-4-24)76(69,70)32-18-20-54-34(60)22-32/h1-16,31-32,35-36,39-40H,17-22H2,(H,53,59)(H,54,60)(H,63,64)(H,65,66)(H,55,57,61)(H,56,58,62). The van der Waals surface area contributed by atoms with E-state index in [1.807, 2.05) is 0 Å². The molecule has 2 aromatic heterocycles. The summed E-state index contributed by atoms with van der Waals surface area (Å²) in [4.78, 5) is 86.8. The third-order valence-electron chi connectivity index (χ3n) is 12.0. The second-order valence-electron chi connectivity index (χ2n) is 17.0. The van der Waals surface area contributed by atoms with Crippen molar-refractivity contribution >= 4 is 135 Å². The van der Waals surface area contributed by atoms with Gasteiger partial charge >= 0.3 is 11.9 Å². The second-order valence-corrected chi connectivity index (χ2v) is 25.6. The summed E-state index contributed by atoms with van der Waals surface area (Å²) in [5, 5.41) is 29.7. The number of nitrogens with zero attached hydrogens (tertiary/aromatic N) is 2. The molecule has 4 amide bonds. The molecular formula is C48H40Cl4N6O14S4. The first-order chi connectivity index (χ1) is 36.1. The number of ether oxygens (including phenoxy) is 2. The quantitative estimate of drug-likeness (QED) is 0.0449. The highest BCUT2D eigenvalue weighted by molar-refractivity contribution is 7.92. The van der Waals surface area contributed by atoms with Gasteiger partial charge in [-0.1, -0.05) is 93.3 Å². The van der Waals surface area contributed by atoms with Gasteiger partial charge in [0.05, 0.1) is 31.7 Å². The number of rotatable bonds is 19. The molecule has 4 aromatic carbocycles. The molecule has 0 aliphatic carbocycles. The summed E-state index contributed by atoms with van der Waals surface area (Å²) in [7, 11) is -7.91. The van der Waals surface area contributed by atoms with Gasteiger partial charge in [0, 0.05) is 47.1 Å². The number of aromatic nitrogens is 2. The monoisotopic (exact) mass is 1190 g/mol. The summed E-state index contributed by atoms with van der Waals surface area (Å²) in [6.45, 7) is 0.384. The highest BCUT2D eigenvalue weighted by atomic mass is 35.5. The van der Waals surface area contributed by atoms with Crippen molar-refractivity contribution < 1.29 is 65.3 Å². The highest BCUT2D eigenvalue weighted by Gasteiger charge is 2.44. The van der Waals surface area contributed by atoms with E-state index in [4.69, 9.17) is 55.9 Å². The van der Waals surface area contributed by atoms with Crippen LogP contribution in [0.25, 0.3) is 0 Å². The normalized spacial score (nSPS) is 17.5. The minimum Gasteiger partial charge on any atom is -0.481 e. The first-order valence-corrected chi connectivity index (χ1v) is 28.8. The van der Waals surface area contributed by atoms with Gasteiger partial charge < -0.3 is 30.3 Å². The molecule has 0 saturated carbocycles. The van der Waals surface area contributed by atoms with Crippen molar-refractivity contribution in [2.45, 2.75) is 70.0 Å². The van der Waals surface area contributed by atoms with Crippen LogP contribution in [0.15, 0.2) is 107 Å². The third kappa shape index (κ3) is 12.7. The fraction of sp³-hybridized carbons (Fsp3) is 0.250. The highest BCUT2D eigenvalue weighted by Crippen LogP contribution is 2.45. The number of benzene rings is 4. The number of halogens is 4. The zero-order valence-corrected chi connectivity index (χ0v) is 45.1. The Morgan fingerprint density at radius 2 is 0.908 bits per heavy atom. The number of hydrogen-bond acceptors (Lipinski definition) is 16.